The van der Waals surface area contributed by atoms with Gasteiger partial charge in [0, 0.05) is 12.1 Å². The summed E-state index contributed by atoms with van der Waals surface area (Å²) in [4.78, 5) is 18.5. The highest BCUT2D eigenvalue weighted by atomic mass is 127. The molecule has 2 aromatic rings. The number of benzene rings is 2. The number of carbonyl (C=O) groups is 1. The molecule has 0 amide bonds. The van der Waals surface area contributed by atoms with E-state index in [1.165, 1.54) is 96.3 Å². The van der Waals surface area contributed by atoms with E-state index >= 15 is 0 Å². The van der Waals surface area contributed by atoms with Gasteiger partial charge in [0.15, 0.2) is 11.5 Å². The summed E-state index contributed by atoms with van der Waals surface area (Å²) in [7, 11) is 0. The number of rotatable bonds is 21. The quantitative estimate of drug-likeness (QED) is 0.0678. The number of para-hydroxylation sites is 1. The Hall–Kier alpha value is -1.40. The maximum absolute atomic E-state index is 12.8. The van der Waals surface area contributed by atoms with E-state index < -0.39 is 0 Å². The molecule has 0 bridgehead atoms. The van der Waals surface area contributed by atoms with Gasteiger partial charge in [-0.05, 0) is 18.6 Å². The van der Waals surface area contributed by atoms with Crippen molar-refractivity contribution >= 4 is 29.8 Å². The standard InChI is InChI=1S/C31H47NO2.HI/c1-2-3-4-5-6-7-8-9-10-11-12-13-14-15-16-22-27-32-34-30-26-21-20-25-29(30)31(33)28-23-18-17-19-24-28;/h17-21,23-26,32H,2-16,22,27H2,1H3;1H. The lowest BCUT2D eigenvalue weighted by Gasteiger charge is -2.11. The molecule has 0 fully saturated rings. The number of carbonyl (C=O) groups excluding carboxylic acids is 1. The SMILES string of the molecule is CCCCCCCCCCCCCCCCCCNOc1ccccc1C(=O)c1ccccc1.I. The molecule has 0 saturated heterocycles. The molecule has 0 saturated carbocycles. The molecule has 4 heteroatoms. The molecule has 0 aliphatic heterocycles. The molecule has 1 N–H and O–H groups in total. The van der Waals surface area contributed by atoms with E-state index in [0.29, 0.717) is 16.9 Å². The Balaban J connectivity index is 0.00000612. The highest BCUT2D eigenvalue weighted by molar-refractivity contribution is 14.0. The zero-order valence-electron chi connectivity index (χ0n) is 21.9. The Bertz CT molecular complexity index is 766. The van der Waals surface area contributed by atoms with E-state index in [2.05, 4.69) is 12.4 Å². The Morgan fingerprint density at radius 2 is 1.09 bits per heavy atom. The number of hydrogen-bond donors (Lipinski definition) is 1. The molecule has 35 heavy (non-hydrogen) atoms. The summed E-state index contributed by atoms with van der Waals surface area (Å²) >= 11 is 0. The summed E-state index contributed by atoms with van der Waals surface area (Å²) in [6.07, 6.45) is 21.9. The topological polar surface area (TPSA) is 38.3 Å². The van der Waals surface area contributed by atoms with E-state index in [1.54, 1.807) is 0 Å². The van der Waals surface area contributed by atoms with Gasteiger partial charge in [-0.25, -0.2) is 0 Å². The van der Waals surface area contributed by atoms with Crippen LogP contribution in [-0.4, -0.2) is 12.3 Å². The predicted molar refractivity (Wildman–Crippen MR) is 160 cm³/mol. The van der Waals surface area contributed by atoms with Crippen LogP contribution in [0.25, 0.3) is 0 Å². The van der Waals surface area contributed by atoms with E-state index in [0.717, 1.165) is 13.0 Å². The lowest BCUT2D eigenvalue weighted by Crippen LogP contribution is -2.21. The molecule has 0 aliphatic rings. The first-order chi connectivity index (χ1) is 16.8. The lowest BCUT2D eigenvalue weighted by molar-refractivity contribution is 0.102. The van der Waals surface area contributed by atoms with Crippen molar-refractivity contribution in [2.24, 2.45) is 0 Å². The highest BCUT2D eigenvalue weighted by Gasteiger charge is 2.14. The molecule has 0 radical (unpaired) electrons. The number of halogens is 1. The first-order valence-corrected chi connectivity index (χ1v) is 13.9. The number of ketones is 1. The summed E-state index contributed by atoms with van der Waals surface area (Å²) in [5.74, 6) is 0.577. The molecule has 196 valence electrons. The Labute approximate surface area is 231 Å². The van der Waals surface area contributed by atoms with Gasteiger partial charge in [0.1, 0.15) is 0 Å². The summed E-state index contributed by atoms with van der Waals surface area (Å²) in [5.41, 5.74) is 4.31. The molecule has 2 rings (SSSR count). The van der Waals surface area contributed by atoms with Crippen LogP contribution in [0, 0.1) is 0 Å². The lowest BCUT2D eigenvalue weighted by atomic mass is 10.0. The molecule has 0 atom stereocenters. The van der Waals surface area contributed by atoms with Crippen LogP contribution in [-0.2, 0) is 0 Å². The van der Waals surface area contributed by atoms with E-state index in [1.807, 2.05) is 54.6 Å². The van der Waals surface area contributed by atoms with Gasteiger partial charge in [0.2, 0.25) is 0 Å². The molecule has 0 aromatic heterocycles. The van der Waals surface area contributed by atoms with Gasteiger partial charge in [-0.3, -0.25) is 4.79 Å². The van der Waals surface area contributed by atoms with Crippen molar-refractivity contribution in [2.75, 3.05) is 6.54 Å². The predicted octanol–water partition coefficient (Wildman–Crippen LogP) is 9.68. The summed E-state index contributed by atoms with van der Waals surface area (Å²) in [5, 5.41) is 0. The van der Waals surface area contributed by atoms with Gasteiger partial charge in [-0.15, -0.1) is 24.0 Å². The first-order valence-electron chi connectivity index (χ1n) is 13.9. The Morgan fingerprint density at radius 3 is 1.63 bits per heavy atom. The van der Waals surface area contributed by atoms with Crippen LogP contribution in [0.1, 0.15) is 126 Å². The van der Waals surface area contributed by atoms with Crippen molar-refractivity contribution in [2.45, 2.75) is 110 Å². The van der Waals surface area contributed by atoms with Gasteiger partial charge >= 0.3 is 0 Å². The van der Waals surface area contributed by atoms with E-state index in [4.69, 9.17) is 4.84 Å². The van der Waals surface area contributed by atoms with Crippen LogP contribution in [0.15, 0.2) is 54.6 Å². The van der Waals surface area contributed by atoms with Gasteiger partial charge < -0.3 is 4.84 Å². The van der Waals surface area contributed by atoms with Gasteiger partial charge in [0.05, 0.1) is 5.56 Å². The van der Waals surface area contributed by atoms with Crippen LogP contribution < -0.4 is 10.3 Å². The van der Waals surface area contributed by atoms with E-state index in [-0.39, 0.29) is 29.8 Å². The van der Waals surface area contributed by atoms with Crippen molar-refractivity contribution in [1.82, 2.24) is 5.48 Å². The van der Waals surface area contributed by atoms with Gasteiger partial charge in [-0.2, -0.15) is 5.48 Å². The summed E-state index contributed by atoms with van der Waals surface area (Å²) in [6, 6.07) is 16.8. The highest BCUT2D eigenvalue weighted by Crippen LogP contribution is 2.21. The zero-order chi connectivity index (χ0) is 24.1. The van der Waals surface area contributed by atoms with Crippen molar-refractivity contribution in [3.63, 3.8) is 0 Å². The maximum Gasteiger partial charge on any atom is 0.196 e. The van der Waals surface area contributed by atoms with Crippen molar-refractivity contribution < 1.29 is 9.63 Å². The molecule has 3 nitrogen and oxygen atoms in total. The molecule has 0 aliphatic carbocycles. The molecular formula is C31H48INO2. The summed E-state index contributed by atoms with van der Waals surface area (Å²) < 4.78 is 0. The Kier molecular flexibility index (Phi) is 19.7. The Morgan fingerprint density at radius 1 is 0.629 bits per heavy atom. The third-order valence-electron chi connectivity index (χ3n) is 6.48. The largest absolute Gasteiger partial charge is 0.408 e. The number of hydroxylamine groups is 1. The average molecular weight is 594 g/mol. The van der Waals surface area contributed by atoms with Gasteiger partial charge in [-0.1, -0.05) is 146 Å². The molecule has 0 heterocycles. The van der Waals surface area contributed by atoms with Crippen molar-refractivity contribution in [3.05, 3.63) is 65.7 Å². The molecular weight excluding hydrogens is 545 g/mol. The fourth-order valence-electron chi connectivity index (χ4n) is 4.36. The fourth-order valence-corrected chi connectivity index (χ4v) is 4.36. The second-order valence-corrected chi connectivity index (χ2v) is 9.49. The van der Waals surface area contributed by atoms with Crippen LogP contribution >= 0.6 is 24.0 Å². The minimum absolute atomic E-state index is 0. The van der Waals surface area contributed by atoms with Crippen LogP contribution in [0.5, 0.6) is 5.75 Å². The van der Waals surface area contributed by atoms with Crippen LogP contribution in [0.2, 0.25) is 0 Å². The molecule has 2 aromatic carbocycles. The van der Waals surface area contributed by atoms with Crippen LogP contribution in [0.4, 0.5) is 0 Å². The molecule has 0 unspecified atom stereocenters. The monoisotopic (exact) mass is 593 g/mol. The number of unbranched alkanes of at least 4 members (excludes halogenated alkanes) is 15. The number of hydrogen-bond acceptors (Lipinski definition) is 3. The van der Waals surface area contributed by atoms with Gasteiger partial charge in [0.25, 0.3) is 0 Å². The maximum atomic E-state index is 12.8. The van der Waals surface area contributed by atoms with Crippen molar-refractivity contribution in [3.8, 4) is 5.75 Å². The fraction of sp³-hybridized carbons (Fsp3) is 0.581. The average Bonchev–Trinajstić information content (AvgIpc) is 2.88. The normalized spacial score (nSPS) is 10.7. The number of nitrogens with one attached hydrogen (secondary N) is 1. The third kappa shape index (κ3) is 14.7. The summed E-state index contributed by atoms with van der Waals surface area (Å²) in [6.45, 7) is 3.08. The van der Waals surface area contributed by atoms with Crippen molar-refractivity contribution in [1.29, 1.82) is 0 Å². The zero-order valence-corrected chi connectivity index (χ0v) is 24.3. The second kappa shape index (κ2) is 21.8. The smallest absolute Gasteiger partial charge is 0.196 e. The minimum atomic E-state index is -0.0135. The molecule has 0 spiro atoms. The minimum Gasteiger partial charge on any atom is -0.408 e. The second-order valence-electron chi connectivity index (χ2n) is 9.49. The van der Waals surface area contributed by atoms with Crippen LogP contribution in [0.3, 0.4) is 0 Å². The van der Waals surface area contributed by atoms with E-state index in [9.17, 15) is 4.79 Å². The first kappa shape index (κ1) is 31.6. The third-order valence-corrected chi connectivity index (χ3v) is 6.48.